The van der Waals surface area contributed by atoms with E-state index in [4.69, 9.17) is 4.74 Å². The lowest BCUT2D eigenvalue weighted by molar-refractivity contribution is -0.143. The van der Waals surface area contributed by atoms with E-state index >= 15 is 0 Å². The maximum atomic E-state index is 12.7. The Balaban J connectivity index is 1.34. The van der Waals surface area contributed by atoms with Crippen LogP contribution in [0.2, 0.25) is 0 Å². The predicted octanol–water partition coefficient (Wildman–Crippen LogP) is 2.29. The van der Waals surface area contributed by atoms with E-state index in [1.807, 2.05) is 30.3 Å². The van der Waals surface area contributed by atoms with Gasteiger partial charge in [0.15, 0.2) is 0 Å². The highest BCUT2D eigenvalue weighted by atomic mass is 16.5. The second kappa shape index (κ2) is 7.04. The van der Waals surface area contributed by atoms with Gasteiger partial charge in [-0.15, -0.1) is 0 Å². The van der Waals surface area contributed by atoms with Crippen molar-refractivity contribution in [2.45, 2.75) is 18.4 Å². The molecule has 0 aromatic heterocycles. The van der Waals surface area contributed by atoms with E-state index in [1.165, 1.54) is 0 Å². The highest BCUT2D eigenvalue weighted by molar-refractivity contribution is 5.94. The summed E-state index contributed by atoms with van der Waals surface area (Å²) in [5.74, 6) is 1.16. The van der Waals surface area contributed by atoms with Crippen LogP contribution >= 0.6 is 0 Å². The zero-order chi connectivity index (χ0) is 18.9. The van der Waals surface area contributed by atoms with Crippen LogP contribution < -0.4 is 4.74 Å². The van der Waals surface area contributed by atoms with Crippen LogP contribution in [0.15, 0.2) is 54.6 Å². The van der Waals surface area contributed by atoms with Crippen molar-refractivity contribution in [1.82, 2.24) is 9.80 Å². The van der Waals surface area contributed by atoms with E-state index < -0.39 is 5.60 Å². The van der Waals surface area contributed by atoms with Gasteiger partial charge in [0.25, 0.3) is 11.8 Å². The number of aliphatic hydroxyl groups is 1. The zero-order valence-electron chi connectivity index (χ0n) is 15.0. The van der Waals surface area contributed by atoms with Crippen LogP contribution in [-0.2, 0) is 4.79 Å². The second-order valence-electron chi connectivity index (χ2n) is 7.06. The summed E-state index contributed by atoms with van der Waals surface area (Å²) in [6.07, 6.45) is 1.09. The van der Waals surface area contributed by atoms with E-state index in [1.54, 1.807) is 34.1 Å². The lowest BCUT2D eigenvalue weighted by Crippen LogP contribution is -2.53. The lowest BCUT2D eigenvalue weighted by atomic mass is 10.1. The molecule has 0 spiro atoms. The first kappa shape index (κ1) is 17.5. The Kier molecular flexibility index (Phi) is 4.58. The standard InChI is InChI=1S/C21H22N2O4/c24-19(22-12-14-23(15-13-22)20(25)21(26)10-11-21)16-6-8-18(9-7-16)27-17-4-2-1-3-5-17/h1-9,26H,10-15H2. The molecule has 140 valence electrons. The molecule has 1 N–H and O–H groups in total. The number of benzene rings is 2. The van der Waals surface area contributed by atoms with Crippen molar-refractivity contribution < 1.29 is 19.4 Å². The van der Waals surface area contributed by atoms with Gasteiger partial charge in [0.1, 0.15) is 17.1 Å². The van der Waals surface area contributed by atoms with E-state index in [0.717, 1.165) is 5.75 Å². The summed E-state index contributed by atoms with van der Waals surface area (Å²) in [5, 5.41) is 9.95. The van der Waals surface area contributed by atoms with Crippen LogP contribution in [0.4, 0.5) is 0 Å². The summed E-state index contributed by atoms with van der Waals surface area (Å²) in [5.41, 5.74) is -0.545. The van der Waals surface area contributed by atoms with Gasteiger partial charge in [-0.25, -0.2) is 0 Å². The minimum absolute atomic E-state index is 0.0570. The highest BCUT2D eigenvalue weighted by Gasteiger charge is 2.50. The number of hydrogen-bond donors (Lipinski definition) is 1. The molecule has 2 fully saturated rings. The maximum absolute atomic E-state index is 12.7. The molecule has 1 saturated heterocycles. The monoisotopic (exact) mass is 366 g/mol. The van der Waals surface area contributed by atoms with Crippen molar-refractivity contribution in [2.75, 3.05) is 26.2 Å². The molecule has 0 radical (unpaired) electrons. The third-order valence-electron chi connectivity index (χ3n) is 5.06. The molecule has 6 nitrogen and oxygen atoms in total. The van der Waals surface area contributed by atoms with Gasteiger partial charge in [-0.3, -0.25) is 9.59 Å². The van der Waals surface area contributed by atoms with E-state index in [-0.39, 0.29) is 11.8 Å². The largest absolute Gasteiger partial charge is 0.457 e. The van der Waals surface area contributed by atoms with E-state index in [9.17, 15) is 14.7 Å². The molecule has 0 unspecified atom stereocenters. The molecule has 1 aliphatic heterocycles. The van der Waals surface area contributed by atoms with Crippen molar-refractivity contribution in [1.29, 1.82) is 0 Å². The summed E-state index contributed by atoms with van der Waals surface area (Å²) < 4.78 is 5.74. The Morgan fingerprint density at radius 3 is 1.96 bits per heavy atom. The SMILES string of the molecule is O=C(c1ccc(Oc2ccccc2)cc1)N1CCN(C(=O)C2(O)CC2)CC1. The fraction of sp³-hybridized carbons (Fsp3) is 0.333. The summed E-state index contributed by atoms with van der Waals surface area (Å²) in [7, 11) is 0. The van der Waals surface area contributed by atoms with Gasteiger partial charge >= 0.3 is 0 Å². The average Bonchev–Trinajstić information content (AvgIpc) is 3.47. The molecule has 0 bridgehead atoms. The number of ether oxygens (including phenoxy) is 1. The maximum Gasteiger partial charge on any atom is 0.254 e. The second-order valence-corrected chi connectivity index (χ2v) is 7.06. The molecular weight excluding hydrogens is 344 g/mol. The summed E-state index contributed by atoms with van der Waals surface area (Å²) in [6, 6.07) is 16.5. The van der Waals surface area contributed by atoms with Crippen LogP contribution in [0.5, 0.6) is 11.5 Å². The van der Waals surface area contributed by atoms with E-state index in [2.05, 4.69) is 0 Å². The zero-order valence-corrected chi connectivity index (χ0v) is 15.0. The number of nitrogens with zero attached hydrogens (tertiary/aromatic N) is 2. The van der Waals surface area contributed by atoms with Crippen molar-refractivity contribution in [3.05, 3.63) is 60.2 Å². The molecule has 2 amide bonds. The number of piperazine rings is 1. The van der Waals surface area contributed by atoms with Gasteiger partial charge in [-0.05, 0) is 49.2 Å². The fourth-order valence-corrected chi connectivity index (χ4v) is 3.21. The Morgan fingerprint density at radius 1 is 0.815 bits per heavy atom. The fourth-order valence-electron chi connectivity index (χ4n) is 3.21. The normalized spacial score (nSPS) is 18.1. The number of carbonyl (C=O) groups is 2. The number of hydrogen-bond acceptors (Lipinski definition) is 4. The summed E-state index contributed by atoms with van der Waals surface area (Å²) in [4.78, 5) is 28.3. The van der Waals surface area contributed by atoms with Gasteiger partial charge in [-0.2, -0.15) is 0 Å². The molecule has 1 heterocycles. The van der Waals surface area contributed by atoms with Crippen molar-refractivity contribution >= 4 is 11.8 Å². The predicted molar refractivity (Wildman–Crippen MR) is 99.6 cm³/mol. The van der Waals surface area contributed by atoms with Crippen molar-refractivity contribution in [3.63, 3.8) is 0 Å². The van der Waals surface area contributed by atoms with Crippen molar-refractivity contribution in [3.8, 4) is 11.5 Å². The van der Waals surface area contributed by atoms with Crippen LogP contribution in [0.3, 0.4) is 0 Å². The first-order valence-electron chi connectivity index (χ1n) is 9.19. The number of carbonyl (C=O) groups excluding carboxylic acids is 2. The van der Waals surface area contributed by atoms with Crippen molar-refractivity contribution in [2.24, 2.45) is 0 Å². The molecule has 4 rings (SSSR count). The molecule has 1 saturated carbocycles. The molecular formula is C21H22N2O4. The lowest BCUT2D eigenvalue weighted by Gasteiger charge is -2.35. The number of amides is 2. The molecule has 6 heteroatoms. The first-order chi connectivity index (χ1) is 13.0. The van der Waals surface area contributed by atoms with Gasteiger partial charge in [0, 0.05) is 31.7 Å². The van der Waals surface area contributed by atoms with Gasteiger partial charge in [0.05, 0.1) is 0 Å². The van der Waals surface area contributed by atoms with Crippen LogP contribution in [0, 0.1) is 0 Å². The van der Waals surface area contributed by atoms with E-state index in [0.29, 0.717) is 50.3 Å². The van der Waals surface area contributed by atoms with Crippen LogP contribution in [0.1, 0.15) is 23.2 Å². The summed E-state index contributed by atoms with van der Waals surface area (Å²) in [6.45, 7) is 1.87. The number of rotatable bonds is 4. The minimum Gasteiger partial charge on any atom is -0.457 e. The smallest absolute Gasteiger partial charge is 0.254 e. The number of para-hydroxylation sites is 1. The van der Waals surface area contributed by atoms with Gasteiger partial charge in [0.2, 0.25) is 0 Å². The quantitative estimate of drug-likeness (QED) is 0.901. The molecule has 1 aliphatic carbocycles. The third kappa shape index (κ3) is 3.80. The molecule has 2 aromatic carbocycles. The third-order valence-corrected chi connectivity index (χ3v) is 5.06. The Labute approximate surface area is 158 Å². The topological polar surface area (TPSA) is 70.1 Å². The molecule has 2 aromatic rings. The minimum atomic E-state index is -1.14. The van der Waals surface area contributed by atoms with Gasteiger partial charge in [-0.1, -0.05) is 18.2 Å². The molecule has 0 atom stereocenters. The van der Waals surface area contributed by atoms with Gasteiger partial charge < -0.3 is 19.6 Å². The summed E-state index contributed by atoms with van der Waals surface area (Å²) >= 11 is 0. The molecule has 27 heavy (non-hydrogen) atoms. The molecule has 2 aliphatic rings. The average molecular weight is 366 g/mol. The Hall–Kier alpha value is -2.86. The van der Waals surface area contributed by atoms with Crippen LogP contribution in [0.25, 0.3) is 0 Å². The van der Waals surface area contributed by atoms with Crippen LogP contribution in [-0.4, -0.2) is 58.5 Å². The Bertz CT molecular complexity index is 823. The highest BCUT2D eigenvalue weighted by Crippen LogP contribution is 2.37. The Morgan fingerprint density at radius 2 is 1.37 bits per heavy atom. The first-order valence-corrected chi connectivity index (χ1v) is 9.19.